The quantitative estimate of drug-likeness (QED) is 0.894. The molecular formula is C12H15F3N6O. The zero-order valence-electron chi connectivity index (χ0n) is 12.1. The van der Waals surface area contributed by atoms with Crippen LogP contribution in [0.4, 0.5) is 19.0 Å². The Kier molecular flexibility index (Phi) is 4.48. The molecule has 2 heterocycles. The van der Waals surface area contributed by atoms with Crippen LogP contribution in [0.2, 0.25) is 0 Å². The fourth-order valence-corrected chi connectivity index (χ4v) is 1.78. The fourth-order valence-electron chi connectivity index (χ4n) is 1.78. The van der Waals surface area contributed by atoms with Crippen LogP contribution in [0.25, 0.3) is 5.65 Å². The Hall–Kier alpha value is -2.39. The molecule has 0 fully saturated rings. The number of carbonyl (C=O) groups excluding carboxylic acids is 1. The molecule has 120 valence electrons. The SMILES string of the molecule is CCCNC(=O)CN(C)c1ccc2nnc(C(F)(F)F)n2n1. The molecular weight excluding hydrogens is 301 g/mol. The highest BCUT2D eigenvalue weighted by molar-refractivity contribution is 5.80. The zero-order chi connectivity index (χ0) is 16.3. The van der Waals surface area contributed by atoms with Gasteiger partial charge < -0.3 is 10.2 Å². The summed E-state index contributed by atoms with van der Waals surface area (Å²) in [6, 6.07) is 2.85. The third-order valence-electron chi connectivity index (χ3n) is 2.85. The Morgan fingerprint density at radius 2 is 2.09 bits per heavy atom. The lowest BCUT2D eigenvalue weighted by Crippen LogP contribution is -2.36. The van der Waals surface area contributed by atoms with Gasteiger partial charge in [0.25, 0.3) is 5.82 Å². The number of anilines is 1. The molecule has 2 aromatic rings. The average Bonchev–Trinajstić information content (AvgIpc) is 2.87. The number of halogens is 3. The summed E-state index contributed by atoms with van der Waals surface area (Å²) in [7, 11) is 1.57. The van der Waals surface area contributed by atoms with E-state index in [-0.39, 0.29) is 23.9 Å². The van der Waals surface area contributed by atoms with Crippen molar-refractivity contribution in [2.75, 3.05) is 25.0 Å². The van der Waals surface area contributed by atoms with E-state index in [9.17, 15) is 18.0 Å². The molecule has 22 heavy (non-hydrogen) atoms. The number of hydrogen-bond acceptors (Lipinski definition) is 5. The molecule has 0 aliphatic rings. The summed E-state index contributed by atoms with van der Waals surface area (Å²) >= 11 is 0. The molecule has 0 saturated carbocycles. The van der Waals surface area contributed by atoms with Gasteiger partial charge in [-0.25, -0.2) is 0 Å². The van der Waals surface area contributed by atoms with Crippen LogP contribution < -0.4 is 10.2 Å². The second kappa shape index (κ2) is 6.16. The first kappa shape index (κ1) is 16.0. The molecule has 1 amide bonds. The highest BCUT2D eigenvalue weighted by Gasteiger charge is 2.37. The Balaban J connectivity index is 2.23. The molecule has 0 aromatic carbocycles. The van der Waals surface area contributed by atoms with Crippen molar-refractivity contribution in [3.63, 3.8) is 0 Å². The standard InChI is InChI=1S/C12H15F3N6O/c1-3-6-16-10(22)7-20(2)9-5-4-8-17-18-11(12(13,14)15)21(8)19-9/h4-5H,3,6-7H2,1-2H3,(H,16,22). The highest BCUT2D eigenvalue weighted by atomic mass is 19.4. The first-order chi connectivity index (χ1) is 10.3. The number of nitrogens with zero attached hydrogens (tertiary/aromatic N) is 5. The van der Waals surface area contributed by atoms with Crippen LogP contribution >= 0.6 is 0 Å². The Labute approximate surface area is 124 Å². The Morgan fingerprint density at radius 1 is 1.36 bits per heavy atom. The van der Waals surface area contributed by atoms with Gasteiger partial charge in [-0.1, -0.05) is 6.92 Å². The van der Waals surface area contributed by atoms with Crippen molar-refractivity contribution in [1.29, 1.82) is 0 Å². The highest BCUT2D eigenvalue weighted by Crippen LogP contribution is 2.27. The van der Waals surface area contributed by atoms with Crippen molar-refractivity contribution in [1.82, 2.24) is 25.1 Å². The molecule has 7 nitrogen and oxygen atoms in total. The molecule has 2 aromatic heterocycles. The maximum atomic E-state index is 12.8. The fraction of sp³-hybridized carbons (Fsp3) is 0.500. The second-order valence-electron chi connectivity index (χ2n) is 4.69. The molecule has 2 rings (SSSR count). The summed E-state index contributed by atoms with van der Waals surface area (Å²) in [5, 5.41) is 13.0. The summed E-state index contributed by atoms with van der Waals surface area (Å²) in [6.45, 7) is 2.45. The van der Waals surface area contributed by atoms with Crippen molar-refractivity contribution in [3.8, 4) is 0 Å². The van der Waals surface area contributed by atoms with E-state index in [2.05, 4.69) is 20.6 Å². The van der Waals surface area contributed by atoms with Gasteiger partial charge in [0.05, 0.1) is 6.54 Å². The third-order valence-corrected chi connectivity index (χ3v) is 2.85. The average molecular weight is 316 g/mol. The van der Waals surface area contributed by atoms with Gasteiger partial charge in [0.15, 0.2) is 5.65 Å². The number of rotatable bonds is 5. The first-order valence-corrected chi connectivity index (χ1v) is 6.60. The van der Waals surface area contributed by atoms with Gasteiger partial charge in [-0.3, -0.25) is 4.79 Å². The molecule has 10 heteroatoms. The summed E-state index contributed by atoms with van der Waals surface area (Å²) in [5.41, 5.74) is -0.0140. The number of alkyl halides is 3. The largest absolute Gasteiger partial charge is 0.453 e. The molecule has 0 saturated heterocycles. The molecule has 0 aliphatic heterocycles. The van der Waals surface area contributed by atoms with E-state index < -0.39 is 12.0 Å². The second-order valence-corrected chi connectivity index (χ2v) is 4.69. The molecule has 0 bridgehead atoms. The third kappa shape index (κ3) is 3.43. The van der Waals surface area contributed by atoms with Gasteiger partial charge in [0.2, 0.25) is 5.91 Å². The number of amides is 1. The van der Waals surface area contributed by atoms with E-state index in [1.54, 1.807) is 7.05 Å². The van der Waals surface area contributed by atoms with Crippen molar-refractivity contribution >= 4 is 17.4 Å². The van der Waals surface area contributed by atoms with Gasteiger partial charge in [-0.05, 0) is 18.6 Å². The summed E-state index contributed by atoms with van der Waals surface area (Å²) in [6.07, 6.45) is -3.85. The predicted molar refractivity (Wildman–Crippen MR) is 72.4 cm³/mol. The van der Waals surface area contributed by atoms with Crippen molar-refractivity contribution < 1.29 is 18.0 Å². The van der Waals surface area contributed by atoms with Gasteiger partial charge in [0.1, 0.15) is 5.82 Å². The minimum Gasteiger partial charge on any atom is -0.355 e. The van der Waals surface area contributed by atoms with Gasteiger partial charge in [0, 0.05) is 13.6 Å². The van der Waals surface area contributed by atoms with E-state index in [1.807, 2.05) is 6.92 Å². The smallest absolute Gasteiger partial charge is 0.355 e. The van der Waals surface area contributed by atoms with E-state index >= 15 is 0 Å². The van der Waals surface area contributed by atoms with Crippen LogP contribution in [-0.2, 0) is 11.0 Å². The van der Waals surface area contributed by atoms with Crippen LogP contribution in [0.5, 0.6) is 0 Å². The number of fused-ring (bicyclic) bond motifs is 1. The maximum absolute atomic E-state index is 12.8. The number of likely N-dealkylation sites (N-methyl/N-ethyl adjacent to an activating group) is 1. The minimum absolute atomic E-state index is 0.0119. The monoisotopic (exact) mass is 316 g/mol. The zero-order valence-corrected chi connectivity index (χ0v) is 12.1. The molecule has 0 unspecified atom stereocenters. The van der Waals surface area contributed by atoms with Gasteiger partial charge in [-0.2, -0.15) is 17.7 Å². The normalized spacial score (nSPS) is 11.7. The van der Waals surface area contributed by atoms with E-state index in [4.69, 9.17) is 0 Å². The number of nitrogens with one attached hydrogen (secondary N) is 1. The van der Waals surface area contributed by atoms with E-state index in [0.29, 0.717) is 11.1 Å². The molecule has 0 aliphatic carbocycles. The predicted octanol–water partition coefficient (Wildman–Crippen LogP) is 1.11. The van der Waals surface area contributed by atoms with Gasteiger partial charge >= 0.3 is 6.18 Å². The minimum atomic E-state index is -4.65. The Bertz CT molecular complexity index is 668. The van der Waals surface area contributed by atoms with E-state index in [1.165, 1.54) is 17.0 Å². The number of aromatic nitrogens is 4. The lowest BCUT2D eigenvalue weighted by atomic mass is 10.4. The number of carbonyl (C=O) groups is 1. The first-order valence-electron chi connectivity index (χ1n) is 6.60. The molecule has 1 N–H and O–H groups in total. The number of hydrogen-bond donors (Lipinski definition) is 1. The van der Waals surface area contributed by atoms with Crippen LogP contribution in [0, 0.1) is 0 Å². The molecule has 0 atom stereocenters. The maximum Gasteiger partial charge on any atom is 0.453 e. The van der Waals surface area contributed by atoms with Crippen molar-refractivity contribution in [3.05, 3.63) is 18.0 Å². The van der Waals surface area contributed by atoms with Crippen LogP contribution in [0.1, 0.15) is 19.2 Å². The summed E-state index contributed by atoms with van der Waals surface area (Å²) in [4.78, 5) is 13.1. The summed E-state index contributed by atoms with van der Waals surface area (Å²) < 4.78 is 39.0. The van der Waals surface area contributed by atoms with Gasteiger partial charge in [-0.15, -0.1) is 15.3 Å². The van der Waals surface area contributed by atoms with Crippen LogP contribution in [0.3, 0.4) is 0 Å². The topological polar surface area (TPSA) is 75.4 Å². The van der Waals surface area contributed by atoms with Crippen molar-refractivity contribution in [2.24, 2.45) is 0 Å². The lowest BCUT2D eigenvalue weighted by molar-refractivity contribution is -0.146. The lowest BCUT2D eigenvalue weighted by Gasteiger charge is -2.17. The van der Waals surface area contributed by atoms with E-state index in [0.717, 1.165) is 6.42 Å². The summed E-state index contributed by atoms with van der Waals surface area (Å²) in [5.74, 6) is -1.22. The molecule has 0 radical (unpaired) electrons. The van der Waals surface area contributed by atoms with Crippen LogP contribution in [-0.4, -0.2) is 45.9 Å². The Morgan fingerprint density at radius 3 is 2.73 bits per heavy atom. The molecule has 0 spiro atoms. The van der Waals surface area contributed by atoms with Crippen LogP contribution in [0.15, 0.2) is 12.1 Å². The van der Waals surface area contributed by atoms with Crippen molar-refractivity contribution in [2.45, 2.75) is 19.5 Å².